The molecule has 1 atom stereocenters. The molecule has 0 saturated carbocycles. The highest BCUT2D eigenvalue weighted by Crippen LogP contribution is 2.11. The maximum absolute atomic E-state index is 11.0. The third-order valence-corrected chi connectivity index (χ3v) is 2.95. The topological polar surface area (TPSA) is 29.5 Å². The van der Waals surface area contributed by atoms with E-state index in [2.05, 4.69) is 13.1 Å². The molecule has 1 fully saturated rings. The van der Waals surface area contributed by atoms with Crippen LogP contribution in [0.4, 0.5) is 4.79 Å². The second-order valence-corrected chi connectivity index (χ2v) is 5.19. The number of amides is 1. The van der Waals surface area contributed by atoms with Crippen molar-refractivity contribution in [1.29, 1.82) is 0 Å². The summed E-state index contributed by atoms with van der Waals surface area (Å²) in [6.45, 7) is 6.87. The van der Waals surface area contributed by atoms with E-state index in [-0.39, 0.29) is 12.2 Å². The van der Waals surface area contributed by atoms with Crippen LogP contribution in [-0.2, 0) is 4.74 Å². The molecule has 1 amide bonds. The van der Waals surface area contributed by atoms with E-state index in [1.165, 1.54) is 0 Å². The van der Waals surface area contributed by atoms with Gasteiger partial charge in [0.15, 0.2) is 8.96 Å². The van der Waals surface area contributed by atoms with Gasteiger partial charge in [0.1, 0.15) is 6.10 Å². The van der Waals surface area contributed by atoms with Gasteiger partial charge in [-0.05, 0) is 6.92 Å². The SMILES string of the molecule is CC1CN([Si](C)C)C(=O)O1. The summed E-state index contributed by atoms with van der Waals surface area (Å²) in [5, 5.41) is 0. The van der Waals surface area contributed by atoms with Crippen LogP contribution in [0.25, 0.3) is 0 Å². The Morgan fingerprint density at radius 2 is 2.30 bits per heavy atom. The van der Waals surface area contributed by atoms with Gasteiger partial charge in [0.25, 0.3) is 0 Å². The number of hydrogen-bond donors (Lipinski definition) is 0. The van der Waals surface area contributed by atoms with Gasteiger partial charge >= 0.3 is 6.09 Å². The summed E-state index contributed by atoms with van der Waals surface area (Å²) in [4.78, 5) is 11.0. The molecule has 0 aliphatic carbocycles. The second kappa shape index (κ2) is 2.62. The molecule has 0 aromatic carbocycles. The normalized spacial score (nSPS) is 25.8. The molecule has 1 aliphatic heterocycles. The smallest absolute Gasteiger partial charge is 0.401 e. The first-order valence-corrected chi connectivity index (χ1v) is 5.84. The Bertz CT molecular complexity index is 149. The van der Waals surface area contributed by atoms with E-state index in [9.17, 15) is 4.79 Å². The van der Waals surface area contributed by atoms with Crippen LogP contribution in [0, 0.1) is 0 Å². The number of nitrogens with zero attached hydrogens (tertiary/aromatic N) is 1. The maximum Gasteiger partial charge on any atom is 0.401 e. The van der Waals surface area contributed by atoms with Crippen LogP contribution in [0.2, 0.25) is 13.1 Å². The average Bonchev–Trinajstić information content (AvgIpc) is 2.10. The van der Waals surface area contributed by atoms with Gasteiger partial charge in [0.2, 0.25) is 0 Å². The highest BCUT2D eigenvalue weighted by atomic mass is 28.3. The third-order valence-electron chi connectivity index (χ3n) is 1.50. The average molecular weight is 158 g/mol. The van der Waals surface area contributed by atoms with Gasteiger partial charge in [-0.3, -0.25) is 0 Å². The molecular formula is C6H12NO2Si. The van der Waals surface area contributed by atoms with E-state index >= 15 is 0 Å². The molecule has 57 valence electrons. The Morgan fingerprint density at radius 1 is 1.70 bits per heavy atom. The van der Waals surface area contributed by atoms with Crippen molar-refractivity contribution >= 4 is 15.1 Å². The molecule has 0 spiro atoms. The highest BCUT2D eigenvalue weighted by molar-refractivity contribution is 6.55. The fraction of sp³-hybridized carbons (Fsp3) is 0.833. The molecule has 0 aromatic heterocycles. The van der Waals surface area contributed by atoms with Crippen molar-refractivity contribution in [2.45, 2.75) is 26.1 Å². The van der Waals surface area contributed by atoms with Gasteiger partial charge in [-0.25, -0.2) is 4.79 Å². The van der Waals surface area contributed by atoms with Crippen molar-refractivity contribution < 1.29 is 9.53 Å². The van der Waals surface area contributed by atoms with Crippen molar-refractivity contribution in [3.8, 4) is 0 Å². The lowest BCUT2D eigenvalue weighted by atomic mass is 10.4. The number of carbonyl (C=O) groups is 1. The van der Waals surface area contributed by atoms with Crippen LogP contribution < -0.4 is 0 Å². The summed E-state index contributed by atoms with van der Waals surface area (Å²) in [6, 6.07) is 0. The van der Waals surface area contributed by atoms with Crippen LogP contribution in [0.5, 0.6) is 0 Å². The standard InChI is InChI=1S/C6H12NO2Si/c1-5-4-7(10(2)3)6(8)9-5/h5H,4H2,1-3H3. The minimum absolute atomic E-state index is 0.0902. The Morgan fingerprint density at radius 3 is 2.50 bits per heavy atom. The first kappa shape index (κ1) is 7.59. The van der Waals surface area contributed by atoms with Gasteiger partial charge in [-0.1, -0.05) is 13.1 Å². The molecule has 3 nitrogen and oxygen atoms in total. The molecule has 1 saturated heterocycles. The Hall–Kier alpha value is -0.513. The molecule has 1 unspecified atom stereocenters. The van der Waals surface area contributed by atoms with Crippen LogP contribution in [0.3, 0.4) is 0 Å². The number of carbonyl (C=O) groups excluding carboxylic acids is 1. The fourth-order valence-corrected chi connectivity index (χ4v) is 2.01. The predicted molar refractivity (Wildman–Crippen MR) is 40.1 cm³/mol. The second-order valence-electron chi connectivity index (χ2n) is 2.75. The van der Waals surface area contributed by atoms with Crippen molar-refractivity contribution in [1.82, 2.24) is 4.57 Å². The van der Waals surface area contributed by atoms with Gasteiger partial charge in [-0.2, -0.15) is 0 Å². The van der Waals surface area contributed by atoms with E-state index in [4.69, 9.17) is 4.74 Å². The van der Waals surface area contributed by atoms with E-state index in [0.29, 0.717) is 0 Å². The molecule has 10 heavy (non-hydrogen) atoms. The molecule has 0 bridgehead atoms. The molecule has 1 radical (unpaired) electrons. The first-order valence-electron chi connectivity index (χ1n) is 3.39. The number of rotatable bonds is 1. The van der Waals surface area contributed by atoms with Crippen molar-refractivity contribution in [3.05, 3.63) is 0 Å². The van der Waals surface area contributed by atoms with E-state index < -0.39 is 8.96 Å². The maximum atomic E-state index is 11.0. The van der Waals surface area contributed by atoms with Crippen LogP contribution >= 0.6 is 0 Å². The number of hydrogen-bond acceptors (Lipinski definition) is 2. The predicted octanol–water partition coefficient (Wildman–Crippen LogP) is 1.08. The highest BCUT2D eigenvalue weighted by Gasteiger charge is 2.30. The molecular weight excluding hydrogens is 146 g/mol. The van der Waals surface area contributed by atoms with Crippen LogP contribution in [0.15, 0.2) is 0 Å². The minimum Gasteiger partial charge on any atom is -0.445 e. The summed E-state index contributed by atoms with van der Waals surface area (Å²) < 4.78 is 6.78. The van der Waals surface area contributed by atoms with Crippen molar-refractivity contribution in [2.24, 2.45) is 0 Å². The van der Waals surface area contributed by atoms with E-state index in [0.717, 1.165) is 6.54 Å². The molecule has 0 aromatic rings. The molecule has 1 aliphatic rings. The Labute approximate surface area is 62.7 Å². The largest absolute Gasteiger partial charge is 0.445 e. The minimum atomic E-state index is -0.635. The van der Waals surface area contributed by atoms with Crippen LogP contribution in [-0.4, -0.2) is 32.3 Å². The van der Waals surface area contributed by atoms with E-state index in [1.54, 1.807) is 0 Å². The molecule has 0 N–H and O–H groups in total. The van der Waals surface area contributed by atoms with Gasteiger partial charge in [0, 0.05) is 0 Å². The summed E-state index contributed by atoms with van der Waals surface area (Å²) in [6.07, 6.45) is -0.0428. The van der Waals surface area contributed by atoms with Crippen LogP contribution in [0.1, 0.15) is 6.92 Å². The van der Waals surface area contributed by atoms with Gasteiger partial charge in [0.05, 0.1) is 6.54 Å². The van der Waals surface area contributed by atoms with Crippen molar-refractivity contribution in [2.75, 3.05) is 6.54 Å². The zero-order valence-electron chi connectivity index (χ0n) is 6.55. The summed E-state index contributed by atoms with van der Waals surface area (Å²) in [5.74, 6) is 0. The molecule has 1 heterocycles. The quantitative estimate of drug-likeness (QED) is 0.534. The Balaban J connectivity index is 2.55. The zero-order valence-corrected chi connectivity index (χ0v) is 7.55. The van der Waals surface area contributed by atoms with E-state index in [1.807, 2.05) is 11.5 Å². The Kier molecular flexibility index (Phi) is 1.99. The lowest BCUT2D eigenvalue weighted by Crippen LogP contribution is -2.35. The zero-order chi connectivity index (χ0) is 7.72. The number of cyclic esters (lactones) is 1. The lowest BCUT2D eigenvalue weighted by molar-refractivity contribution is 0.144. The monoisotopic (exact) mass is 158 g/mol. The summed E-state index contributed by atoms with van der Waals surface area (Å²) in [7, 11) is -0.635. The third kappa shape index (κ3) is 1.31. The van der Waals surface area contributed by atoms with Crippen molar-refractivity contribution in [3.63, 3.8) is 0 Å². The summed E-state index contributed by atoms with van der Waals surface area (Å²) in [5.41, 5.74) is 0. The lowest BCUT2D eigenvalue weighted by Gasteiger charge is -2.14. The van der Waals surface area contributed by atoms with Gasteiger partial charge in [-0.15, -0.1) is 0 Å². The van der Waals surface area contributed by atoms with Gasteiger partial charge < -0.3 is 9.30 Å². The molecule has 1 rings (SSSR count). The summed E-state index contributed by atoms with van der Waals surface area (Å²) >= 11 is 0. The fourth-order valence-electron chi connectivity index (χ4n) is 0.970. The first-order chi connectivity index (χ1) is 4.61. The number of ether oxygens (including phenoxy) is 1. The molecule has 4 heteroatoms.